The van der Waals surface area contributed by atoms with Crippen LogP contribution in [0.25, 0.3) is 0 Å². The minimum Gasteiger partial charge on any atom is -0.344 e. The SMILES string of the molecule is CCCCCCCS(=O)(=O)OCCCCCC.N. The summed E-state index contributed by atoms with van der Waals surface area (Å²) < 4.78 is 27.9. The van der Waals surface area contributed by atoms with E-state index in [0.29, 0.717) is 6.61 Å². The summed E-state index contributed by atoms with van der Waals surface area (Å²) in [6, 6.07) is 0. The number of hydrogen-bond acceptors (Lipinski definition) is 4. The van der Waals surface area contributed by atoms with Crippen molar-refractivity contribution in [1.82, 2.24) is 6.15 Å². The maximum atomic E-state index is 11.5. The fourth-order valence-electron chi connectivity index (χ4n) is 1.66. The second-order valence-corrected chi connectivity index (χ2v) is 6.32. The summed E-state index contributed by atoms with van der Waals surface area (Å²) >= 11 is 0. The summed E-state index contributed by atoms with van der Waals surface area (Å²) in [4.78, 5) is 0. The molecule has 0 aliphatic rings. The molecule has 0 aliphatic heterocycles. The Morgan fingerprint density at radius 3 is 1.83 bits per heavy atom. The van der Waals surface area contributed by atoms with Crippen molar-refractivity contribution >= 4 is 10.1 Å². The van der Waals surface area contributed by atoms with Crippen molar-refractivity contribution in [3.8, 4) is 0 Å². The maximum Gasteiger partial charge on any atom is 0.267 e. The van der Waals surface area contributed by atoms with E-state index in [1.807, 2.05) is 0 Å². The summed E-state index contributed by atoms with van der Waals surface area (Å²) in [5, 5.41) is 0. The summed E-state index contributed by atoms with van der Waals surface area (Å²) in [7, 11) is -3.26. The number of unbranched alkanes of at least 4 members (excludes halogenated alkanes) is 7. The molecular formula is C13H31NO3S. The second-order valence-electron chi connectivity index (χ2n) is 4.56. The minimum absolute atomic E-state index is 0. The Morgan fingerprint density at radius 2 is 1.28 bits per heavy atom. The predicted molar refractivity (Wildman–Crippen MR) is 77.7 cm³/mol. The van der Waals surface area contributed by atoms with Crippen LogP contribution in [-0.4, -0.2) is 20.8 Å². The van der Waals surface area contributed by atoms with Crippen LogP contribution in [0.3, 0.4) is 0 Å². The third kappa shape index (κ3) is 13.9. The molecule has 0 spiro atoms. The Labute approximate surface area is 113 Å². The highest BCUT2D eigenvalue weighted by molar-refractivity contribution is 7.86. The van der Waals surface area contributed by atoms with Gasteiger partial charge in [0, 0.05) is 0 Å². The van der Waals surface area contributed by atoms with Gasteiger partial charge in [0.1, 0.15) is 0 Å². The van der Waals surface area contributed by atoms with Gasteiger partial charge in [0.2, 0.25) is 0 Å². The largest absolute Gasteiger partial charge is 0.344 e. The van der Waals surface area contributed by atoms with Gasteiger partial charge in [-0.2, -0.15) is 8.42 Å². The Morgan fingerprint density at radius 1 is 0.778 bits per heavy atom. The fourth-order valence-corrected chi connectivity index (χ4v) is 2.70. The molecule has 0 fully saturated rings. The predicted octanol–water partition coefficient (Wildman–Crippen LogP) is 4.05. The summed E-state index contributed by atoms with van der Waals surface area (Å²) in [5.41, 5.74) is 0. The zero-order valence-electron chi connectivity index (χ0n) is 12.1. The van der Waals surface area contributed by atoms with E-state index in [4.69, 9.17) is 4.18 Å². The van der Waals surface area contributed by atoms with Crippen LogP contribution < -0.4 is 6.15 Å². The van der Waals surface area contributed by atoms with Crippen LogP contribution in [-0.2, 0) is 14.3 Å². The summed E-state index contributed by atoms with van der Waals surface area (Å²) in [6.45, 7) is 4.64. The third-order valence-corrected chi connectivity index (χ3v) is 4.07. The zero-order chi connectivity index (χ0) is 13.0. The first kappa shape index (κ1) is 20.2. The van der Waals surface area contributed by atoms with Crippen LogP contribution in [0.2, 0.25) is 0 Å². The average molecular weight is 281 g/mol. The summed E-state index contributed by atoms with van der Waals surface area (Å²) in [5.74, 6) is 0.185. The highest BCUT2D eigenvalue weighted by Gasteiger charge is 2.09. The molecule has 3 N–H and O–H groups in total. The van der Waals surface area contributed by atoms with E-state index in [1.54, 1.807) is 0 Å². The molecule has 18 heavy (non-hydrogen) atoms. The van der Waals surface area contributed by atoms with E-state index < -0.39 is 10.1 Å². The van der Waals surface area contributed by atoms with Gasteiger partial charge in [-0.15, -0.1) is 0 Å². The topological polar surface area (TPSA) is 78.4 Å². The van der Waals surface area contributed by atoms with Crippen molar-refractivity contribution in [1.29, 1.82) is 0 Å². The number of hydrogen-bond donors (Lipinski definition) is 1. The first-order valence-electron chi connectivity index (χ1n) is 6.99. The average Bonchev–Trinajstić information content (AvgIpc) is 2.28. The van der Waals surface area contributed by atoms with Gasteiger partial charge in [0.25, 0.3) is 10.1 Å². The first-order chi connectivity index (χ1) is 8.12. The molecule has 0 saturated heterocycles. The first-order valence-corrected chi connectivity index (χ1v) is 8.57. The van der Waals surface area contributed by atoms with E-state index in [0.717, 1.165) is 44.9 Å². The molecule has 0 saturated carbocycles. The molecule has 0 unspecified atom stereocenters. The van der Waals surface area contributed by atoms with E-state index in [9.17, 15) is 8.42 Å². The molecule has 0 atom stereocenters. The van der Waals surface area contributed by atoms with Gasteiger partial charge in [0.15, 0.2) is 0 Å². The van der Waals surface area contributed by atoms with Crippen molar-refractivity contribution in [3.63, 3.8) is 0 Å². The third-order valence-electron chi connectivity index (χ3n) is 2.76. The molecule has 4 nitrogen and oxygen atoms in total. The quantitative estimate of drug-likeness (QED) is 0.432. The number of rotatable bonds is 12. The smallest absolute Gasteiger partial charge is 0.267 e. The molecule has 0 radical (unpaired) electrons. The molecule has 5 heteroatoms. The Kier molecular flexibility index (Phi) is 14.9. The minimum atomic E-state index is -3.26. The van der Waals surface area contributed by atoms with Gasteiger partial charge in [0.05, 0.1) is 12.4 Å². The second kappa shape index (κ2) is 13.3. The maximum absolute atomic E-state index is 11.5. The Hall–Kier alpha value is -0.130. The van der Waals surface area contributed by atoms with E-state index >= 15 is 0 Å². The molecule has 0 amide bonds. The van der Waals surface area contributed by atoms with Gasteiger partial charge in [-0.05, 0) is 12.8 Å². The van der Waals surface area contributed by atoms with E-state index in [2.05, 4.69) is 13.8 Å². The molecule has 0 bridgehead atoms. The van der Waals surface area contributed by atoms with Gasteiger partial charge < -0.3 is 6.15 Å². The van der Waals surface area contributed by atoms with Crippen LogP contribution in [0.15, 0.2) is 0 Å². The molecule has 0 aromatic heterocycles. The standard InChI is InChI=1S/C13H28O3S.H3N/c1-3-5-7-9-11-13-17(14,15)16-12-10-8-6-4-2;/h3-13H2,1-2H3;1H3. The van der Waals surface area contributed by atoms with Crippen molar-refractivity contribution in [2.24, 2.45) is 0 Å². The molecule has 0 heterocycles. The molecule has 0 aliphatic carbocycles. The highest BCUT2D eigenvalue weighted by atomic mass is 32.2. The monoisotopic (exact) mass is 281 g/mol. The van der Waals surface area contributed by atoms with Crippen LogP contribution in [0.1, 0.15) is 71.6 Å². The van der Waals surface area contributed by atoms with Gasteiger partial charge in [-0.3, -0.25) is 4.18 Å². The lowest BCUT2D eigenvalue weighted by Gasteiger charge is -2.05. The van der Waals surface area contributed by atoms with Crippen LogP contribution >= 0.6 is 0 Å². The van der Waals surface area contributed by atoms with Crippen LogP contribution in [0, 0.1) is 0 Å². The fraction of sp³-hybridized carbons (Fsp3) is 1.00. The van der Waals surface area contributed by atoms with Gasteiger partial charge in [-0.1, -0.05) is 58.8 Å². The van der Waals surface area contributed by atoms with Crippen molar-refractivity contribution in [3.05, 3.63) is 0 Å². The molecule has 0 aromatic carbocycles. The molecule has 0 aromatic rings. The van der Waals surface area contributed by atoms with Gasteiger partial charge >= 0.3 is 0 Å². The lowest BCUT2D eigenvalue weighted by atomic mass is 10.2. The van der Waals surface area contributed by atoms with Crippen molar-refractivity contribution < 1.29 is 12.6 Å². The van der Waals surface area contributed by atoms with Crippen LogP contribution in [0.5, 0.6) is 0 Å². The van der Waals surface area contributed by atoms with Crippen LogP contribution in [0.4, 0.5) is 0 Å². The zero-order valence-corrected chi connectivity index (χ0v) is 12.9. The van der Waals surface area contributed by atoms with Gasteiger partial charge in [-0.25, -0.2) is 0 Å². The summed E-state index contributed by atoms with van der Waals surface area (Å²) in [6.07, 6.45) is 9.45. The molecule has 112 valence electrons. The normalized spacial score (nSPS) is 11.2. The van der Waals surface area contributed by atoms with Crippen molar-refractivity contribution in [2.75, 3.05) is 12.4 Å². The highest BCUT2D eigenvalue weighted by Crippen LogP contribution is 2.07. The van der Waals surface area contributed by atoms with E-state index in [1.165, 1.54) is 12.8 Å². The lowest BCUT2D eigenvalue weighted by molar-refractivity contribution is 0.306. The Bertz CT molecular complexity index is 233. The molecule has 0 rings (SSSR count). The van der Waals surface area contributed by atoms with E-state index in [-0.39, 0.29) is 11.9 Å². The molecular weight excluding hydrogens is 250 g/mol. The lowest BCUT2D eigenvalue weighted by Crippen LogP contribution is -2.11. The Balaban J connectivity index is 0. The van der Waals surface area contributed by atoms with Crippen molar-refractivity contribution in [2.45, 2.75) is 71.6 Å².